The lowest BCUT2D eigenvalue weighted by Gasteiger charge is -2.28. The van der Waals surface area contributed by atoms with Crippen LogP contribution in [0.3, 0.4) is 0 Å². The second kappa shape index (κ2) is 5.67. The summed E-state index contributed by atoms with van der Waals surface area (Å²) in [5.41, 5.74) is -0.403. The number of alkyl halides is 2. The summed E-state index contributed by atoms with van der Waals surface area (Å²) in [5, 5.41) is 7.51. The van der Waals surface area contributed by atoms with E-state index in [0.29, 0.717) is 5.82 Å². The molecule has 3 heterocycles. The molecular weight excluding hydrogens is 313 g/mol. The van der Waals surface area contributed by atoms with Crippen LogP contribution in [0.4, 0.5) is 8.78 Å². The van der Waals surface area contributed by atoms with E-state index in [1.165, 1.54) is 10.6 Å². The number of nitrogens with zero attached hydrogens (tertiary/aromatic N) is 3. The monoisotopic (exact) mass is 324 g/mol. The van der Waals surface area contributed by atoms with E-state index < -0.39 is 18.5 Å². The summed E-state index contributed by atoms with van der Waals surface area (Å²) >= 11 is 5.89. The third-order valence-electron chi connectivity index (χ3n) is 3.21. The van der Waals surface area contributed by atoms with Crippen LogP contribution in [-0.4, -0.2) is 27.2 Å². The number of rotatable bonds is 3. The Balaban J connectivity index is 0.00000147. The van der Waals surface area contributed by atoms with Gasteiger partial charge in [-0.05, 0) is 19.0 Å². The standard InChI is InChI=1S/C11H11ClF2N4O.ClH/c12-6-2-4-18-9(6)11(19)17(5-8(13)14)10(16-18)7-1-3-15-7;/h2,4,7-8,15H,1,3,5H2;1H/t7-;/m0./s1. The third-order valence-corrected chi connectivity index (χ3v) is 3.51. The quantitative estimate of drug-likeness (QED) is 0.937. The Hall–Kier alpha value is -1.18. The maximum absolute atomic E-state index is 12.6. The van der Waals surface area contributed by atoms with Crippen molar-refractivity contribution in [1.82, 2.24) is 19.5 Å². The van der Waals surface area contributed by atoms with E-state index in [1.807, 2.05) is 0 Å². The van der Waals surface area contributed by atoms with Gasteiger partial charge in [0, 0.05) is 6.20 Å². The Labute approximate surface area is 123 Å². The van der Waals surface area contributed by atoms with Crippen molar-refractivity contribution in [3.63, 3.8) is 0 Å². The van der Waals surface area contributed by atoms with Gasteiger partial charge in [0.05, 0.1) is 17.6 Å². The third kappa shape index (κ3) is 2.41. The molecule has 110 valence electrons. The van der Waals surface area contributed by atoms with Crippen molar-refractivity contribution in [2.75, 3.05) is 6.54 Å². The minimum atomic E-state index is -2.62. The van der Waals surface area contributed by atoms with Crippen LogP contribution in [-0.2, 0) is 6.54 Å². The van der Waals surface area contributed by atoms with Gasteiger partial charge in [0.15, 0.2) is 0 Å². The van der Waals surface area contributed by atoms with Crippen LogP contribution >= 0.6 is 24.0 Å². The Morgan fingerprint density at radius 3 is 2.80 bits per heavy atom. The highest BCUT2D eigenvalue weighted by molar-refractivity contribution is 6.33. The maximum atomic E-state index is 12.6. The van der Waals surface area contributed by atoms with Crippen LogP contribution in [0.1, 0.15) is 18.3 Å². The van der Waals surface area contributed by atoms with E-state index in [9.17, 15) is 13.6 Å². The lowest BCUT2D eigenvalue weighted by molar-refractivity contribution is 0.121. The molecule has 0 unspecified atom stereocenters. The van der Waals surface area contributed by atoms with Gasteiger partial charge in [-0.2, -0.15) is 5.10 Å². The first-order chi connectivity index (χ1) is 9.08. The van der Waals surface area contributed by atoms with Crippen molar-refractivity contribution in [1.29, 1.82) is 0 Å². The van der Waals surface area contributed by atoms with Gasteiger partial charge in [0.2, 0.25) is 0 Å². The molecule has 1 atom stereocenters. The van der Waals surface area contributed by atoms with Gasteiger partial charge in [-0.25, -0.2) is 13.3 Å². The molecule has 0 radical (unpaired) electrons. The summed E-state index contributed by atoms with van der Waals surface area (Å²) in [6.45, 7) is 0.122. The second-order valence-electron chi connectivity index (χ2n) is 4.42. The SMILES string of the molecule is Cl.O=c1c2c(Cl)ccn2nc([C@@H]2CCN2)n1CC(F)F. The summed E-state index contributed by atoms with van der Waals surface area (Å²) in [5.74, 6) is 0.330. The van der Waals surface area contributed by atoms with Gasteiger partial charge in [-0.3, -0.25) is 9.36 Å². The Bertz CT molecular complexity index is 681. The second-order valence-corrected chi connectivity index (χ2v) is 4.82. The molecule has 5 nitrogen and oxygen atoms in total. The van der Waals surface area contributed by atoms with E-state index in [4.69, 9.17) is 11.6 Å². The highest BCUT2D eigenvalue weighted by Crippen LogP contribution is 2.22. The van der Waals surface area contributed by atoms with Crippen molar-refractivity contribution in [2.24, 2.45) is 0 Å². The van der Waals surface area contributed by atoms with Crippen LogP contribution in [0.25, 0.3) is 5.52 Å². The molecule has 3 rings (SSSR count). The molecule has 9 heteroatoms. The zero-order valence-electron chi connectivity index (χ0n) is 10.2. The fourth-order valence-electron chi connectivity index (χ4n) is 2.16. The zero-order valence-corrected chi connectivity index (χ0v) is 11.8. The number of aromatic nitrogens is 3. The first-order valence-corrected chi connectivity index (χ1v) is 6.25. The molecular formula is C11H12Cl2F2N4O. The Kier molecular flexibility index (Phi) is 4.31. The van der Waals surface area contributed by atoms with Gasteiger partial charge in [0.1, 0.15) is 11.3 Å². The van der Waals surface area contributed by atoms with Gasteiger partial charge in [0.25, 0.3) is 12.0 Å². The summed E-state index contributed by atoms with van der Waals surface area (Å²) < 4.78 is 27.7. The van der Waals surface area contributed by atoms with Gasteiger partial charge in [-0.15, -0.1) is 12.4 Å². The molecule has 1 aliphatic heterocycles. The Morgan fingerprint density at radius 2 is 2.25 bits per heavy atom. The predicted octanol–water partition coefficient (Wildman–Crippen LogP) is 1.87. The van der Waals surface area contributed by atoms with Gasteiger partial charge >= 0.3 is 0 Å². The van der Waals surface area contributed by atoms with Crippen LogP contribution in [0.5, 0.6) is 0 Å². The highest BCUT2D eigenvalue weighted by atomic mass is 35.5. The topological polar surface area (TPSA) is 51.3 Å². The lowest BCUT2D eigenvalue weighted by atomic mass is 10.1. The summed E-state index contributed by atoms with van der Waals surface area (Å²) in [6, 6.07) is 1.37. The molecule has 0 aromatic carbocycles. The summed E-state index contributed by atoms with van der Waals surface area (Å²) in [6.07, 6.45) is -0.293. The van der Waals surface area contributed by atoms with Crippen LogP contribution < -0.4 is 10.9 Å². The molecule has 2 aromatic rings. The van der Waals surface area contributed by atoms with Crippen molar-refractivity contribution in [3.05, 3.63) is 33.5 Å². The predicted molar refractivity (Wildman–Crippen MR) is 73.1 cm³/mol. The van der Waals surface area contributed by atoms with E-state index >= 15 is 0 Å². The molecule has 1 fully saturated rings. The average Bonchev–Trinajstić information content (AvgIpc) is 2.63. The van der Waals surface area contributed by atoms with E-state index in [1.54, 1.807) is 6.20 Å². The fraction of sp³-hybridized carbons (Fsp3) is 0.455. The van der Waals surface area contributed by atoms with Crippen molar-refractivity contribution in [2.45, 2.75) is 25.4 Å². The summed E-state index contributed by atoms with van der Waals surface area (Å²) in [7, 11) is 0. The van der Waals surface area contributed by atoms with E-state index in [0.717, 1.165) is 17.5 Å². The average molecular weight is 325 g/mol. The van der Waals surface area contributed by atoms with Crippen molar-refractivity contribution >= 4 is 29.5 Å². The van der Waals surface area contributed by atoms with Gasteiger partial charge < -0.3 is 5.32 Å². The normalized spacial score (nSPS) is 18.1. The van der Waals surface area contributed by atoms with Crippen molar-refractivity contribution in [3.8, 4) is 0 Å². The first kappa shape index (κ1) is 15.2. The number of nitrogens with one attached hydrogen (secondary N) is 1. The minimum absolute atomic E-state index is 0. The summed E-state index contributed by atoms with van der Waals surface area (Å²) in [4.78, 5) is 12.3. The van der Waals surface area contributed by atoms with Crippen LogP contribution in [0.2, 0.25) is 5.02 Å². The van der Waals surface area contributed by atoms with E-state index in [2.05, 4.69) is 10.4 Å². The smallest absolute Gasteiger partial charge is 0.279 e. The molecule has 0 spiro atoms. The van der Waals surface area contributed by atoms with Crippen LogP contribution in [0, 0.1) is 0 Å². The largest absolute Gasteiger partial charge is 0.307 e. The number of halogens is 4. The number of hydrogen-bond acceptors (Lipinski definition) is 3. The number of hydrogen-bond donors (Lipinski definition) is 1. The minimum Gasteiger partial charge on any atom is -0.307 e. The highest BCUT2D eigenvalue weighted by Gasteiger charge is 2.27. The van der Waals surface area contributed by atoms with E-state index in [-0.39, 0.29) is 29.0 Å². The van der Waals surface area contributed by atoms with Crippen molar-refractivity contribution < 1.29 is 8.78 Å². The maximum Gasteiger partial charge on any atom is 0.279 e. The molecule has 2 aromatic heterocycles. The molecule has 1 saturated heterocycles. The first-order valence-electron chi connectivity index (χ1n) is 5.87. The van der Waals surface area contributed by atoms with Crippen LogP contribution in [0.15, 0.2) is 17.1 Å². The number of fused-ring (bicyclic) bond motifs is 1. The molecule has 0 amide bonds. The fourth-order valence-corrected chi connectivity index (χ4v) is 2.38. The van der Waals surface area contributed by atoms with Gasteiger partial charge in [-0.1, -0.05) is 11.6 Å². The zero-order chi connectivity index (χ0) is 13.6. The molecule has 0 bridgehead atoms. The Morgan fingerprint density at radius 1 is 1.55 bits per heavy atom. The molecule has 0 saturated carbocycles. The molecule has 1 aliphatic rings. The molecule has 0 aliphatic carbocycles. The molecule has 1 N–H and O–H groups in total. The lowest BCUT2D eigenvalue weighted by Crippen LogP contribution is -2.41. The molecule has 20 heavy (non-hydrogen) atoms.